The predicted octanol–water partition coefficient (Wildman–Crippen LogP) is 3.69. The zero-order valence-corrected chi connectivity index (χ0v) is 12.2. The molecule has 0 fully saturated rings. The second-order valence-electron chi connectivity index (χ2n) is 5.72. The van der Waals surface area contributed by atoms with Crippen LogP contribution >= 0.6 is 0 Å². The van der Waals surface area contributed by atoms with Crippen molar-refractivity contribution in [3.63, 3.8) is 0 Å². The molecule has 2 aromatic heterocycles. The van der Waals surface area contributed by atoms with E-state index in [-0.39, 0.29) is 5.91 Å². The Kier molecular flexibility index (Phi) is 3.15. The monoisotopic (exact) mass is 291 g/mol. The van der Waals surface area contributed by atoms with E-state index in [4.69, 9.17) is 0 Å². The summed E-state index contributed by atoms with van der Waals surface area (Å²) in [7, 11) is 0. The summed E-state index contributed by atoms with van der Waals surface area (Å²) in [5, 5.41) is 4.02. The van der Waals surface area contributed by atoms with Gasteiger partial charge in [-0.15, -0.1) is 0 Å². The van der Waals surface area contributed by atoms with Gasteiger partial charge in [-0.1, -0.05) is 6.07 Å². The molecule has 110 valence electrons. The highest BCUT2D eigenvalue weighted by Gasteiger charge is 2.16. The molecule has 1 amide bonds. The second-order valence-corrected chi connectivity index (χ2v) is 5.72. The molecule has 0 unspecified atom stereocenters. The van der Waals surface area contributed by atoms with Crippen LogP contribution in [0.15, 0.2) is 42.6 Å². The van der Waals surface area contributed by atoms with Crippen LogP contribution < -0.4 is 5.32 Å². The SMILES string of the molecule is O=C(Nc1ccccn1)c1ccc2[nH]c3c(c2c1)CCCC3. The second kappa shape index (κ2) is 5.30. The number of aryl methyl sites for hydroxylation is 2. The zero-order chi connectivity index (χ0) is 14.9. The van der Waals surface area contributed by atoms with E-state index >= 15 is 0 Å². The molecule has 2 heterocycles. The number of nitrogens with zero attached hydrogens (tertiary/aromatic N) is 1. The summed E-state index contributed by atoms with van der Waals surface area (Å²) < 4.78 is 0. The van der Waals surface area contributed by atoms with Crippen molar-refractivity contribution < 1.29 is 4.79 Å². The number of aromatic amines is 1. The van der Waals surface area contributed by atoms with E-state index in [9.17, 15) is 4.79 Å². The Bertz CT molecular complexity index is 836. The van der Waals surface area contributed by atoms with Crippen molar-refractivity contribution in [2.24, 2.45) is 0 Å². The number of amides is 1. The summed E-state index contributed by atoms with van der Waals surface area (Å²) >= 11 is 0. The van der Waals surface area contributed by atoms with Crippen LogP contribution in [0.1, 0.15) is 34.5 Å². The van der Waals surface area contributed by atoms with Gasteiger partial charge in [-0.05, 0) is 61.6 Å². The Morgan fingerprint density at radius 2 is 2.05 bits per heavy atom. The maximum atomic E-state index is 12.4. The number of carbonyl (C=O) groups excluding carboxylic acids is 1. The topological polar surface area (TPSA) is 57.8 Å². The van der Waals surface area contributed by atoms with E-state index in [0.29, 0.717) is 11.4 Å². The quantitative estimate of drug-likeness (QED) is 0.756. The number of nitrogens with one attached hydrogen (secondary N) is 2. The third-order valence-electron chi connectivity index (χ3n) is 4.27. The lowest BCUT2D eigenvalue weighted by Gasteiger charge is -2.10. The summed E-state index contributed by atoms with van der Waals surface area (Å²) in [6.45, 7) is 0. The largest absolute Gasteiger partial charge is 0.358 e. The molecule has 4 rings (SSSR count). The molecule has 0 aliphatic heterocycles. The van der Waals surface area contributed by atoms with Crippen LogP contribution in [-0.4, -0.2) is 15.9 Å². The molecule has 2 N–H and O–H groups in total. The highest BCUT2D eigenvalue weighted by molar-refractivity contribution is 6.06. The van der Waals surface area contributed by atoms with Gasteiger partial charge in [0.2, 0.25) is 0 Å². The maximum absolute atomic E-state index is 12.4. The number of fused-ring (bicyclic) bond motifs is 3. The fraction of sp³-hybridized carbons (Fsp3) is 0.222. The molecule has 0 bridgehead atoms. The molecular formula is C18H17N3O. The number of H-pyrrole nitrogens is 1. The van der Waals surface area contributed by atoms with Gasteiger partial charge in [-0.3, -0.25) is 4.79 Å². The summed E-state index contributed by atoms with van der Waals surface area (Å²) in [5.74, 6) is 0.454. The number of hydrogen-bond acceptors (Lipinski definition) is 2. The third kappa shape index (κ3) is 2.26. The van der Waals surface area contributed by atoms with Crippen LogP contribution in [0.5, 0.6) is 0 Å². The fourth-order valence-corrected chi connectivity index (χ4v) is 3.17. The van der Waals surface area contributed by atoms with E-state index in [0.717, 1.165) is 18.4 Å². The summed E-state index contributed by atoms with van der Waals surface area (Å²) in [4.78, 5) is 20.0. The average Bonchev–Trinajstić information content (AvgIpc) is 2.93. The Balaban J connectivity index is 1.68. The number of benzene rings is 1. The van der Waals surface area contributed by atoms with E-state index in [1.165, 1.54) is 29.5 Å². The normalized spacial score (nSPS) is 13.8. The molecule has 1 aliphatic rings. The highest BCUT2D eigenvalue weighted by atomic mass is 16.1. The lowest BCUT2D eigenvalue weighted by Crippen LogP contribution is -2.12. The average molecular weight is 291 g/mol. The molecule has 0 spiro atoms. The molecule has 0 atom stereocenters. The van der Waals surface area contributed by atoms with Gasteiger partial charge < -0.3 is 10.3 Å². The number of pyridine rings is 1. The predicted molar refractivity (Wildman–Crippen MR) is 87.1 cm³/mol. The van der Waals surface area contributed by atoms with Crippen molar-refractivity contribution in [2.75, 3.05) is 5.32 Å². The van der Waals surface area contributed by atoms with Gasteiger partial charge in [0, 0.05) is 28.4 Å². The molecule has 0 saturated carbocycles. The molecule has 3 aromatic rings. The first kappa shape index (κ1) is 13.1. The van der Waals surface area contributed by atoms with E-state index in [1.807, 2.05) is 30.3 Å². The first-order valence-corrected chi connectivity index (χ1v) is 7.67. The van der Waals surface area contributed by atoms with Crippen LogP contribution in [0.4, 0.5) is 5.82 Å². The van der Waals surface area contributed by atoms with E-state index < -0.39 is 0 Å². The van der Waals surface area contributed by atoms with Crippen molar-refractivity contribution >= 4 is 22.6 Å². The van der Waals surface area contributed by atoms with Gasteiger partial charge in [-0.25, -0.2) is 4.98 Å². The molecule has 4 nitrogen and oxygen atoms in total. The van der Waals surface area contributed by atoms with Gasteiger partial charge in [0.05, 0.1) is 0 Å². The minimum absolute atomic E-state index is 0.119. The smallest absolute Gasteiger partial charge is 0.256 e. The lowest BCUT2D eigenvalue weighted by atomic mass is 9.95. The van der Waals surface area contributed by atoms with Gasteiger partial charge in [0.1, 0.15) is 5.82 Å². The molecule has 4 heteroatoms. The van der Waals surface area contributed by atoms with Crippen molar-refractivity contribution in [1.82, 2.24) is 9.97 Å². The molecular weight excluding hydrogens is 274 g/mol. The fourth-order valence-electron chi connectivity index (χ4n) is 3.17. The van der Waals surface area contributed by atoms with Crippen LogP contribution in [-0.2, 0) is 12.8 Å². The summed E-state index contributed by atoms with van der Waals surface area (Å²) in [6, 6.07) is 11.3. The number of rotatable bonds is 2. The minimum atomic E-state index is -0.119. The van der Waals surface area contributed by atoms with Crippen LogP contribution in [0.2, 0.25) is 0 Å². The van der Waals surface area contributed by atoms with Crippen LogP contribution in [0, 0.1) is 0 Å². The molecule has 1 aliphatic carbocycles. The van der Waals surface area contributed by atoms with Gasteiger partial charge >= 0.3 is 0 Å². The Morgan fingerprint density at radius 3 is 2.91 bits per heavy atom. The third-order valence-corrected chi connectivity index (χ3v) is 4.27. The number of anilines is 1. The van der Waals surface area contributed by atoms with Crippen molar-refractivity contribution in [1.29, 1.82) is 0 Å². The first-order chi connectivity index (χ1) is 10.8. The number of aromatic nitrogens is 2. The van der Waals surface area contributed by atoms with Crippen molar-refractivity contribution in [3.8, 4) is 0 Å². The van der Waals surface area contributed by atoms with Crippen LogP contribution in [0.25, 0.3) is 10.9 Å². The van der Waals surface area contributed by atoms with Crippen molar-refractivity contribution in [3.05, 3.63) is 59.4 Å². The molecule has 22 heavy (non-hydrogen) atoms. The zero-order valence-electron chi connectivity index (χ0n) is 12.2. The highest BCUT2D eigenvalue weighted by Crippen LogP contribution is 2.29. The number of hydrogen-bond donors (Lipinski definition) is 2. The molecule has 1 aromatic carbocycles. The molecule has 0 saturated heterocycles. The molecule has 0 radical (unpaired) electrons. The number of carbonyl (C=O) groups is 1. The van der Waals surface area contributed by atoms with E-state index in [2.05, 4.69) is 15.3 Å². The maximum Gasteiger partial charge on any atom is 0.256 e. The van der Waals surface area contributed by atoms with Gasteiger partial charge in [0.25, 0.3) is 5.91 Å². The lowest BCUT2D eigenvalue weighted by molar-refractivity contribution is 0.102. The Hall–Kier alpha value is -2.62. The first-order valence-electron chi connectivity index (χ1n) is 7.67. The van der Waals surface area contributed by atoms with Gasteiger partial charge in [0.15, 0.2) is 0 Å². The Labute approximate surface area is 128 Å². The summed E-state index contributed by atoms with van der Waals surface area (Å²) in [5.41, 5.74) is 4.52. The Morgan fingerprint density at radius 1 is 1.14 bits per heavy atom. The van der Waals surface area contributed by atoms with Crippen molar-refractivity contribution in [2.45, 2.75) is 25.7 Å². The van der Waals surface area contributed by atoms with Crippen LogP contribution in [0.3, 0.4) is 0 Å². The van der Waals surface area contributed by atoms with E-state index in [1.54, 1.807) is 12.3 Å². The standard InChI is InChI=1S/C18H17N3O/c22-18(21-17-7-3-4-10-19-17)12-8-9-16-14(11-12)13-5-1-2-6-15(13)20-16/h3-4,7-11,20H,1-2,5-6H2,(H,19,21,22). The minimum Gasteiger partial charge on any atom is -0.358 e. The summed E-state index contributed by atoms with van der Waals surface area (Å²) in [6.07, 6.45) is 6.35. The van der Waals surface area contributed by atoms with Gasteiger partial charge in [-0.2, -0.15) is 0 Å².